The number of halogens is 1. The van der Waals surface area contributed by atoms with Gasteiger partial charge in [0.05, 0.1) is 10.6 Å². The van der Waals surface area contributed by atoms with Crippen molar-refractivity contribution in [2.75, 3.05) is 36.0 Å². The quantitative estimate of drug-likeness (QED) is 0.490. The van der Waals surface area contributed by atoms with Crippen LogP contribution in [-0.4, -0.2) is 37.4 Å². The number of nitrogens with zero attached hydrogens (tertiary/aromatic N) is 3. The van der Waals surface area contributed by atoms with Gasteiger partial charge in [0, 0.05) is 37.8 Å². The fourth-order valence-electron chi connectivity index (χ4n) is 2.92. The Morgan fingerprint density at radius 3 is 2.21 bits per heavy atom. The molecular weight excluding hydrogens is 313 g/mol. The molecule has 0 aliphatic carbocycles. The first-order valence-corrected chi connectivity index (χ1v) is 7.58. The Labute approximate surface area is 138 Å². The summed E-state index contributed by atoms with van der Waals surface area (Å²) in [6.45, 7) is 2.20. The topological polar surface area (TPSA) is 66.7 Å². The average Bonchev–Trinajstić information content (AvgIpc) is 2.62. The maximum absolute atomic E-state index is 13.9. The van der Waals surface area contributed by atoms with E-state index in [2.05, 4.69) is 0 Å². The molecule has 1 heterocycles. The summed E-state index contributed by atoms with van der Waals surface area (Å²) in [5.74, 6) is -0.271. The molecule has 3 rings (SSSR count). The number of nitro groups is 1. The van der Waals surface area contributed by atoms with Gasteiger partial charge in [0.2, 0.25) is 0 Å². The molecular formula is C17H16FN3O3. The molecule has 6 nitrogen and oxygen atoms in total. The van der Waals surface area contributed by atoms with E-state index >= 15 is 0 Å². The molecule has 0 N–H and O–H groups in total. The van der Waals surface area contributed by atoms with Crippen molar-refractivity contribution in [1.29, 1.82) is 0 Å². The minimum Gasteiger partial charge on any atom is -0.366 e. The second-order valence-corrected chi connectivity index (χ2v) is 5.55. The summed E-state index contributed by atoms with van der Waals surface area (Å²) in [5.41, 5.74) is 1.22. The number of para-hydroxylation sites is 1. The fraction of sp³-hybridized carbons (Fsp3) is 0.235. The number of rotatable bonds is 4. The van der Waals surface area contributed by atoms with Gasteiger partial charge < -0.3 is 9.80 Å². The highest BCUT2D eigenvalue weighted by molar-refractivity contribution is 5.79. The van der Waals surface area contributed by atoms with Crippen LogP contribution in [0, 0.1) is 15.9 Å². The first-order chi connectivity index (χ1) is 11.6. The molecule has 1 saturated heterocycles. The van der Waals surface area contributed by atoms with Crippen LogP contribution in [0.2, 0.25) is 0 Å². The highest BCUT2D eigenvalue weighted by atomic mass is 19.1. The van der Waals surface area contributed by atoms with Crippen LogP contribution in [0.4, 0.5) is 21.5 Å². The van der Waals surface area contributed by atoms with Crippen LogP contribution in [0.15, 0.2) is 42.5 Å². The zero-order chi connectivity index (χ0) is 17.1. The number of carbonyl (C=O) groups is 1. The van der Waals surface area contributed by atoms with Gasteiger partial charge in [-0.05, 0) is 24.3 Å². The third-order valence-corrected chi connectivity index (χ3v) is 4.15. The Morgan fingerprint density at radius 2 is 1.62 bits per heavy atom. The van der Waals surface area contributed by atoms with Crippen molar-refractivity contribution in [3.8, 4) is 0 Å². The first-order valence-electron chi connectivity index (χ1n) is 7.58. The maximum atomic E-state index is 13.9. The van der Waals surface area contributed by atoms with E-state index in [9.17, 15) is 19.3 Å². The average molecular weight is 329 g/mol. The maximum Gasteiger partial charge on any atom is 0.293 e. The molecule has 0 saturated carbocycles. The second kappa shape index (κ2) is 6.66. The van der Waals surface area contributed by atoms with E-state index in [1.54, 1.807) is 30.3 Å². The standard InChI is InChI=1S/C17H16FN3O3/c18-14-3-1-2-4-15(14)19-7-9-20(10-8-19)16-6-5-13(12-22)11-17(16)21(23)24/h1-6,11-12H,7-10H2. The second-order valence-electron chi connectivity index (χ2n) is 5.55. The van der Waals surface area contributed by atoms with Crippen molar-refractivity contribution in [2.45, 2.75) is 0 Å². The van der Waals surface area contributed by atoms with Crippen LogP contribution in [0.3, 0.4) is 0 Å². The number of hydrogen-bond donors (Lipinski definition) is 0. The van der Waals surface area contributed by atoms with Gasteiger partial charge in [-0.25, -0.2) is 4.39 Å². The lowest BCUT2D eigenvalue weighted by atomic mass is 10.1. The zero-order valence-corrected chi connectivity index (χ0v) is 12.9. The van der Waals surface area contributed by atoms with Crippen molar-refractivity contribution < 1.29 is 14.1 Å². The van der Waals surface area contributed by atoms with Crippen molar-refractivity contribution >= 4 is 23.3 Å². The van der Waals surface area contributed by atoms with E-state index in [-0.39, 0.29) is 17.1 Å². The molecule has 1 fully saturated rings. The van der Waals surface area contributed by atoms with Gasteiger partial charge in [-0.3, -0.25) is 14.9 Å². The Morgan fingerprint density at radius 1 is 1.00 bits per heavy atom. The molecule has 0 spiro atoms. The molecule has 0 unspecified atom stereocenters. The van der Waals surface area contributed by atoms with E-state index in [1.807, 2.05) is 9.80 Å². The van der Waals surface area contributed by atoms with Gasteiger partial charge in [0.25, 0.3) is 5.69 Å². The van der Waals surface area contributed by atoms with Crippen molar-refractivity contribution in [2.24, 2.45) is 0 Å². The first kappa shape index (κ1) is 15.9. The molecule has 7 heteroatoms. The van der Waals surface area contributed by atoms with Gasteiger partial charge in [0.1, 0.15) is 17.8 Å². The lowest BCUT2D eigenvalue weighted by molar-refractivity contribution is -0.384. The fourth-order valence-corrected chi connectivity index (χ4v) is 2.92. The van der Waals surface area contributed by atoms with Gasteiger partial charge in [-0.2, -0.15) is 0 Å². The Balaban J connectivity index is 1.79. The van der Waals surface area contributed by atoms with Crippen molar-refractivity contribution in [3.63, 3.8) is 0 Å². The van der Waals surface area contributed by atoms with Crippen LogP contribution < -0.4 is 9.80 Å². The molecule has 1 aliphatic heterocycles. The smallest absolute Gasteiger partial charge is 0.293 e. The number of carbonyl (C=O) groups excluding carboxylic acids is 1. The lowest BCUT2D eigenvalue weighted by Crippen LogP contribution is -2.47. The normalized spacial score (nSPS) is 14.5. The van der Waals surface area contributed by atoms with Crippen LogP contribution in [0.5, 0.6) is 0 Å². The van der Waals surface area contributed by atoms with Crippen LogP contribution in [-0.2, 0) is 0 Å². The number of aldehydes is 1. The largest absolute Gasteiger partial charge is 0.366 e. The van der Waals surface area contributed by atoms with Crippen molar-refractivity contribution in [1.82, 2.24) is 0 Å². The van der Waals surface area contributed by atoms with Crippen molar-refractivity contribution in [3.05, 3.63) is 64.0 Å². The van der Waals surface area contributed by atoms with Crippen LogP contribution >= 0.6 is 0 Å². The summed E-state index contributed by atoms with van der Waals surface area (Å²) in [6, 6.07) is 11.0. The number of anilines is 2. The third kappa shape index (κ3) is 3.05. The summed E-state index contributed by atoms with van der Waals surface area (Å²) in [6.07, 6.45) is 0.590. The van der Waals surface area contributed by atoms with E-state index in [0.717, 1.165) is 0 Å². The molecule has 24 heavy (non-hydrogen) atoms. The summed E-state index contributed by atoms with van der Waals surface area (Å²) in [7, 11) is 0. The minimum absolute atomic E-state index is 0.0843. The molecule has 0 amide bonds. The predicted molar refractivity (Wildman–Crippen MR) is 89.3 cm³/mol. The number of hydrogen-bond acceptors (Lipinski definition) is 5. The molecule has 0 bridgehead atoms. The van der Waals surface area contributed by atoms with Gasteiger partial charge >= 0.3 is 0 Å². The van der Waals surface area contributed by atoms with E-state index in [4.69, 9.17) is 0 Å². The van der Waals surface area contributed by atoms with Crippen LogP contribution in [0.1, 0.15) is 10.4 Å². The molecule has 1 aliphatic rings. The zero-order valence-electron chi connectivity index (χ0n) is 12.9. The summed E-state index contributed by atoms with van der Waals surface area (Å²) < 4.78 is 13.9. The Bertz CT molecular complexity index is 773. The van der Waals surface area contributed by atoms with Crippen LogP contribution in [0.25, 0.3) is 0 Å². The van der Waals surface area contributed by atoms with E-state index in [0.29, 0.717) is 43.8 Å². The third-order valence-electron chi connectivity index (χ3n) is 4.15. The number of piperazine rings is 1. The molecule has 124 valence electrons. The minimum atomic E-state index is -0.481. The highest BCUT2D eigenvalue weighted by Crippen LogP contribution is 2.30. The van der Waals surface area contributed by atoms with E-state index in [1.165, 1.54) is 12.1 Å². The molecule has 0 radical (unpaired) electrons. The summed E-state index contributed by atoms with van der Waals surface area (Å²) >= 11 is 0. The number of nitro benzene ring substituents is 1. The highest BCUT2D eigenvalue weighted by Gasteiger charge is 2.25. The summed E-state index contributed by atoms with van der Waals surface area (Å²) in [5, 5.41) is 11.3. The molecule has 0 atom stereocenters. The summed E-state index contributed by atoms with van der Waals surface area (Å²) in [4.78, 5) is 25.4. The monoisotopic (exact) mass is 329 g/mol. The molecule has 0 aromatic heterocycles. The van der Waals surface area contributed by atoms with E-state index < -0.39 is 4.92 Å². The van der Waals surface area contributed by atoms with Gasteiger partial charge in [-0.1, -0.05) is 12.1 Å². The lowest BCUT2D eigenvalue weighted by Gasteiger charge is -2.37. The van der Waals surface area contributed by atoms with Gasteiger partial charge in [0.15, 0.2) is 0 Å². The van der Waals surface area contributed by atoms with Gasteiger partial charge in [-0.15, -0.1) is 0 Å². The molecule has 2 aromatic carbocycles. The SMILES string of the molecule is O=Cc1ccc(N2CCN(c3ccccc3F)CC2)c([N+](=O)[O-])c1. The predicted octanol–water partition coefficient (Wildman–Crippen LogP) is 2.87. The Kier molecular flexibility index (Phi) is 4.41. The number of benzene rings is 2. The Hall–Kier alpha value is -2.96. The molecule has 2 aromatic rings.